The van der Waals surface area contributed by atoms with E-state index in [0.29, 0.717) is 32.3 Å². The summed E-state index contributed by atoms with van der Waals surface area (Å²) in [6.45, 7) is 7.59. The summed E-state index contributed by atoms with van der Waals surface area (Å²) in [6, 6.07) is 0.0823. The van der Waals surface area contributed by atoms with Crippen LogP contribution in [0.15, 0.2) is 0 Å². The molecule has 1 heterocycles. The van der Waals surface area contributed by atoms with E-state index in [1.807, 2.05) is 0 Å². The van der Waals surface area contributed by atoms with Crippen LogP contribution in [0.5, 0.6) is 0 Å². The molecule has 1 atom stereocenters. The maximum absolute atomic E-state index is 12.4. The number of methoxy groups -OCH3 is 1. The van der Waals surface area contributed by atoms with E-state index in [9.17, 15) is 9.59 Å². The molecule has 1 fully saturated rings. The number of carbonyl (C=O) groups is 2. The topological polar surface area (TPSA) is 73.3 Å². The van der Waals surface area contributed by atoms with Crippen LogP contribution in [0.2, 0.25) is 0 Å². The molecule has 0 saturated carbocycles. The molecule has 20 heavy (non-hydrogen) atoms. The minimum atomic E-state index is -1.00. The first-order valence-corrected chi connectivity index (χ1v) is 6.98. The van der Waals surface area contributed by atoms with Crippen molar-refractivity contribution in [3.8, 4) is 0 Å². The van der Waals surface area contributed by atoms with Crippen LogP contribution >= 0.6 is 0 Å². The number of carbonyl (C=O) groups excluding carboxylic acids is 1. The maximum Gasteiger partial charge on any atom is 0.323 e. The smallest absolute Gasteiger partial charge is 0.323 e. The Morgan fingerprint density at radius 2 is 2.10 bits per heavy atom. The van der Waals surface area contributed by atoms with E-state index in [1.165, 1.54) is 12.0 Å². The molecule has 0 aliphatic carbocycles. The summed E-state index contributed by atoms with van der Waals surface area (Å²) < 4.78 is 4.93. The number of likely N-dealkylation sites (N-methyl/N-ethyl adjacent to an activating group) is 1. The average molecular weight is 287 g/mol. The molecule has 7 nitrogen and oxygen atoms in total. The summed E-state index contributed by atoms with van der Waals surface area (Å²) in [6.07, 6.45) is 0. The summed E-state index contributed by atoms with van der Waals surface area (Å²) in [5.74, 6) is -1.00. The highest BCUT2D eigenvalue weighted by molar-refractivity contribution is 5.80. The predicted octanol–water partition coefficient (Wildman–Crippen LogP) is 0.165. The number of nitrogens with zero attached hydrogens (tertiary/aromatic N) is 3. The Kier molecular flexibility index (Phi) is 6.74. The number of carboxylic acids is 1. The lowest BCUT2D eigenvalue weighted by Gasteiger charge is -2.41. The quantitative estimate of drug-likeness (QED) is 0.753. The number of piperazine rings is 1. The number of hydrogen-bond acceptors (Lipinski definition) is 4. The first-order chi connectivity index (χ1) is 9.49. The molecular formula is C13H25N3O4. The summed E-state index contributed by atoms with van der Waals surface area (Å²) in [5.41, 5.74) is 0. The molecule has 0 radical (unpaired) electrons. The van der Waals surface area contributed by atoms with Crippen molar-refractivity contribution in [3.63, 3.8) is 0 Å². The van der Waals surface area contributed by atoms with Crippen LogP contribution in [0.3, 0.4) is 0 Å². The van der Waals surface area contributed by atoms with E-state index in [-0.39, 0.29) is 12.6 Å². The fraction of sp³-hybridized carbons (Fsp3) is 0.846. The van der Waals surface area contributed by atoms with Gasteiger partial charge in [0.15, 0.2) is 0 Å². The fourth-order valence-corrected chi connectivity index (χ4v) is 2.45. The zero-order valence-corrected chi connectivity index (χ0v) is 12.5. The van der Waals surface area contributed by atoms with Gasteiger partial charge in [0, 0.05) is 39.3 Å². The number of ether oxygens (including phenoxy) is 1. The molecule has 1 saturated heterocycles. The molecule has 1 aliphatic rings. The van der Waals surface area contributed by atoms with Crippen molar-refractivity contribution >= 4 is 12.0 Å². The summed E-state index contributed by atoms with van der Waals surface area (Å²) in [7, 11) is 1.53. The van der Waals surface area contributed by atoms with Crippen molar-refractivity contribution < 1.29 is 19.4 Å². The minimum absolute atomic E-state index is 0.216. The number of carboxylic acid groups (broad SMARTS) is 1. The summed E-state index contributed by atoms with van der Waals surface area (Å²) in [4.78, 5) is 28.6. The molecule has 1 aliphatic heterocycles. The van der Waals surface area contributed by atoms with Gasteiger partial charge in [0.2, 0.25) is 0 Å². The molecule has 0 spiro atoms. The van der Waals surface area contributed by atoms with Gasteiger partial charge in [0.25, 0.3) is 0 Å². The van der Waals surface area contributed by atoms with Crippen LogP contribution in [0.1, 0.15) is 13.8 Å². The Balaban J connectivity index is 2.62. The second-order valence-electron chi connectivity index (χ2n) is 5.01. The van der Waals surface area contributed by atoms with Crippen molar-refractivity contribution in [3.05, 3.63) is 0 Å². The highest BCUT2D eigenvalue weighted by Crippen LogP contribution is 2.11. The van der Waals surface area contributed by atoms with Gasteiger partial charge in [-0.05, 0) is 13.5 Å². The van der Waals surface area contributed by atoms with E-state index in [4.69, 9.17) is 9.84 Å². The molecular weight excluding hydrogens is 262 g/mol. The lowest BCUT2D eigenvalue weighted by atomic mass is 10.2. The first-order valence-electron chi connectivity index (χ1n) is 6.98. The Hall–Kier alpha value is -1.34. The van der Waals surface area contributed by atoms with E-state index < -0.39 is 5.97 Å². The maximum atomic E-state index is 12.4. The molecule has 1 unspecified atom stereocenters. The molecule has 2 amide bonds. The first kappa shape index (κ1) is 16.7. The molecule has 0 aromatic rings. The largest absolute Gasteiger partial charge is 0.480 e. The van der Waals surface area contributed by atoms with Crippen LogP contribution in [-0.2, 0) is 9.53 Å². The number of aliphatic carboxylic acids is 1. The summed E-state index contributed by atoms with van der Waals surface area (Å²) >= 11 is 0. The van der Waals surface area contributed by atoms with Crippen molar-refractivity contribution in [1.29, 1.82) is 0 Å². The van der Waals surface area contributed by atoms with Crippen molar-refractivity contribution in [1.82, 2.24) is 14.7 Å². The van der Waals surface area contributed by atoms with Crippen LogP contribution in [0, 0.1) is 0 Å². The highest BCUT2D eigenvalue weighted by Gasteiger charge is 2.29. The van der Waals surface area contributed by atoms with Crippen LogP contribution < -0.4 is 0 Å². The number of rotatable bonds is 6. The molecule has 116 valence electrons. The Labute approximate surface area is 120 Å². The van der Waals surface area contributed by atoms with Crippen molar-refractivity contribution in [2.24, 2.45) is 0 Å². The Morgan fingerprint density at radius 1 is 1.40 bits per heavy atom. The number of urea groups is 1. The normalized spacial score (nSPS) is 19.9. The number of amides is 2. The van der Waals surface area contributed by atoms with Crippen LogP contribution in [0.25, 0.3) is 0 Å². The SMILES string of the molecule is CCN1CCN(C(=O)N(CCOC)CC(=O)O)CC1C. The van der Waals surface area contributed by atoms with Gasteiger partial charge in [-0.3, -0.25) is 9.69 Å². The van der Waals surface area contributed by atoms with E-state index in [2.05, 4.69) is 18.7 Å². The number of hydrogen-bond donors (Lipinski definition) is 1. The summed E-state index contributed by atoms with van der Waals surface area (Å²) in [5, 5.41) is 8.90. The Morgan fingerprint density at radius 3 is 2.60 bits per heavy atom. The van der Waals surface area contributed by atoms with Crippen LogP contribution in [-0.4, -0.2) is 90.8 Å². The lowest BCUT2D eigenvalue weighted by molar-refractivity contribution is -0.137. The lowest BCUT2D eigenvalue weighted by Crippen LogP contribution is -2.57. The predicted molar refractivity (Wildman–Crippen MR) is 74.8 cm³/mol. The molecule has 0 aromatic heterocycles. The third kappa shape index (κ3) is 4.64. The highest BCUT2D eigenvalue weighted by atomic mass is 16.5. The van der Waals surface area contributed by atoms with Gasteiger partial charge < -0.3 is 19.6 Å². The second-order valence-corrected chi connectivity index (χ2v) is 5.01. The van der Waals surface area contributed by atoms with Gasteiger partial charge in [0.1, 0.15) is 6.54 Å². The van der Waals surface area contributed by atoms with Gasteiger partial charge >= 0.3 is 12.0 Å². The Bertz CT molecular complexity index is 338. The van der Waals surface area contributed by atoms with Gasteiger partial charge in [-0.15, -0.1) is 0 Å². The van der Waals surface area contributed by atoms with Gasteiger partial charge in [-0.25, -0.2) is 4.79 Å². The minimum Gasteiger partial charge on any atom is -0.480 e. The zero-order valence-electron chi connectivity index (χ0n) is 12.5. The fourth-order valence-electron chi connectivity index (χ4n) is 2.45. The molecule has 1 N–H and O–H groups in total. The molecule has 0 bridgehead atoms. The standard InChI is InChI=1S/C13H25N3O4/c1-4-14-5-6-15(9-11(14)2)13(19)16(7-8-20-3)10-12(17)18/h11H,4-10H2,1-3H3,(H,17,18). The van der Waals surface area contributed by atoms with E-state index >= 15 is 0 Å². The zero-order chi connectivity index (χ0) is 15.1. The molecule has 0 aromatic carbocycles. The van der Waals surface area contributed by atoms with Gasteiger partial charge in [0.05, 0.1) is 6.61 Å². The monoisotopic (exact) mass is 287 g/mol. The van der Waals surface area contributed by atoms with E-state index in [0.717, 1.165) is 13.1 Å². The van der Waals surface area contributed by atoms with E-state index in [1.54, 1.807) is 4.90 Å². The van der Waals surface area contributed by atoms with Crippen molar-refractivity contribution in [2.75, 3.05) is 53.0 Å². The van der Waals surface area contributed by atoms with Gasteiger partial charge in [-0.2, -0.15) is 0 Å². The van der Waals surface area contributed by atoms with Gasteiger partial charge in [-0.1, -0.05) is 6.92 Å². The third-order valence-electron chi connectivity index (χ3n) is 3.60. The third-order valence-corrected chi connectivity index (χ3v) is 3.60. The van der Waals surface area contributed by atoms with Crippen molar-refractivity contribution in [2.45, 2.75) is 19.9 Å². The van der Waals surface area contributed by atoms with Crippen LogP contribution in [0.4, 0.5) is 4.79 Å². The molecule has 7 heteroatoms. The molecule has 1 rings (SSSR count). The average Bonchev–Trinajstić information content (AvgIpc) is 2.42. The second kappa shape index (κ2) is 8.06.